The summed E-state index contributed by atoms with van der Waals surface area (Å²) in [6.07, 6.45) is 12.4. The number of allylic oxidation sites excluding steroid dienone is 2. The highest BCUT2D eigenvalue weighted by Crippen LogP contribution is 2.15. The van der Waals surface area contributed by atoms with E-state index in [1.54, 1.807) is 0 Å². The SMILES string of the molecule is CC=CCC(CCCCCC)COCC. The lowest BCUT2D eigenvalue weighted by molar-refractivity contribution is 0.107. The van der Waals surface area contributed by atoms with Gasteiger partial charge in [0.05, 0.1) is 0 Å². The van der Waals surface area contributed by atoms with Gasteiger partial charge in [0.2, 0.25) is 0 Å². The molecule has 0 aromatic heterocycles. The highest BCUT2D eigenvalue weighted by Gasteiger charge is 2.06. The average molecular weight is 212 g/mol. The molecule has 1 unspecified atom stereocenters. The fraction of sp³-hybridized carbons (Fsp3) is 0.857. The van der Waals surface area contributed by atoms with Gasteiger partial charge in [-0.1, -0.05) is 44.8 Å². The van der Waals surface area contributed by atoms with E-state index in [-0.39, 0.29) is 0 Å². The van der Waals surface area contributed by atoms with Gasteiger partial charge in [-0.3, -0.25) is 0 Å². The van der Waals surface area contributed by atoms with Crippen molar-refractivity contribution in [2.24, 2.45) is 5.92 Å². The molecule has 0 amide bonds. The van der Waals surface area contributed by atoms with Gasteiger partial charge in [0.15, 0.2) is 0 Å². The van der Waals surface area contributed by atoms with Crippen LogP contribution in [0.1, 0.15) is 59.3 Å². The molecule has 0 N–H and O–H groups in total. The van der Waals surface area contributed by atoms with E-state index in [9.17, 15) is 0 Å². The van der Waals surface area contributed by atoms with E-state index < -0.39 is 0 Å². The Bertz CT molecular complexity index is 140. The second-order valence-corrected chi connectivity index (χ2v) is 4.18. The molecule has 1 atom stereocenters. The van der Waals surface area contributed by atoms with Crippen molar-refractivity contribution in [2.45, 2.75) is 59.3 Å². The van der Waals surface area contributed by atoms with Crippen LogP contribution in [0, 0.1) is 5.92 Å². The highest BCUT2D eigenvalue weighted by atomic mass is 16.5. The monoisotopic (exact) mass is 212 g/mol. The molecular formula is C14H28O. The Kier molecular flexibility index (Phi) is 11.5. The molecule has 0 fully saturated rings. The Morgan fingerprint density at radius 3 is 2.53 bits per heavy atom. The Hall–Kier alpha value is -0.300. The Morgan fingerprint density at radius 2 is 1.93 bits per heavy atom. The third-order valence-corrected chi connectivity index (χ3v) is 2.73. The van der Waals surface area contributed by atoms with E-state index in [0.717, 1.165) is 19.1 Å². The Morgan fingerprint density at radius 1 is 1.13 bits per heavy atom. The first-order valence-corrected chi connectivity index (χ1v) is 6.54. The molecule has 1 nitrogen and oxygen atoms in total. The minimum atomic E-state index is 0.734. The Balaban J connectivity index is 3.59. The third-order valence-electron chi connectivity index (χ3n) is 2.73. The molecule has 0 aromatic rings. The van der Waals surface area contributed by atoms with Gasteiger partial charge in [-0.15, -0.1) is 0 Å². The molecule has 0 rings (SSSR count). The molecule has 0 aliphatic rings. The molecule has 0 aromatic carbocycles. The van der Waals surface area contributed by atoms with Crippen molar-refractivity contribution in [1.29, 1.82) is 0 Å². The van der Waals surface area contributed by atoms with Crippen LogP contribution in [0.15, 0.2) is 12.2 Å². The fourth-order valence-corrected chi connectivity index (χ4v) is 1.74. The molecule has 0 spiro atoms. The minimum absolute atomic E-state index is 0.734. The van der Waals surface area contributed by atoms with Gasteiger partial charge in [-0.25, -0.2) is 0 Å². The maximum absolute atomic E-state index is 5.52. The zero-order valence-corrected chi connectivity index (χ0v) is 10.8. The molecule has 1 heteroatoms. The number of hydrogen-bond donors (Lipinski definition) is 0. The third kappa shape index (κ3) is 9.99. The lowest BCUT2D eigenvalue weighted by Gasteiger charge is -2.14. The molecule has 0 saturated heterocycles. The van der Waals surface area contributed by atoms with Gasteiger partial charge < -0.3 is 4.74 Å². The van der Waals surface area contributed by atoms with E-state index in [1.807, 2.05) is 0 Å². The first kappa shape index (κ1) is 14.7. The summed E-state index contributed by atoms with van der Waals surface area (Å²) < 4.78 is 5.52. The van der Waals surface area contributed by atoms with Gasteiger partial charge in [-0.2, -0.15) is 0 Å². The molecule has 90 valence electrons. The lowest BCUT2D eigenvalue weighted by Crippen LogP contribution is -2.09. The van der Waals surface area contributed by atoms with Gasteiger partial charge in [0.1, 0.15) is 0 Å². The molecule has 15 heavy (non-hydrogen) atoms. The summed E-state index contributed by atoms with van der Waals surface area (Å²) in [5.74, 6) is 0.734. The first-order chi connectivity index (χ1) is 7.35. The lowest BCUT2D eigenvalue weighted by atomic mass is 9.98. The molecular weight excluding hydrogens is 184 g/mol. The second-order valence-electron chi connectivity index (χ2n) is 4.18. The fourth-order valence-electron chi connectivity index (χ4n) is 1.74. The van der Waals surface area contributed by atoms with E-state index in [1.165, 1.54) is 38.5 Å². The zero-order valence-electron chi connectivity index (χ0n) is 10.8. The second kappa shape index (κ2) is 11.8. The van der Waals surface area contributed by atoms with Crippen LogP contribution in [-0.2, 0) is 4.74 Å². The number of hydrogen-bond acceptors (Lipinski definition) is 1. The molecule has 0 radical (unpaired) electrons. The van der Waals surface area contributed by atoms with Crippen LogP contribution in [0.4, 0.5) is 0 Å². The van der Waals surface area contributed by atoms with Gasteiger partial charge in [-0.05, 0) is 32.6 Å². The van der Waals surface area contributed by atoms with Crippen LogP contribution in [-0.4, -0.2) is 13.2 Å². The van der Waals surface area contributed by atoms with Crippen LogP contribution >= 0.6 is 0 Å². The van der Waals surface area contributed by atoms with Gasteiger partial charge in [0, 0.05) is 13.2 Å². The number of ether oxygens (including phenoxy) is 1. The van der Waals surface area contributed by atoms with E-state index in [2.05, 4.69) is 32.9 Å². The normalized spacial score (nSPS) is 13.5. The molecule has 0 bridgehead atoms. The smallest absolute Gasteiger partial charge is 0.0497 e. The summed E-state index contributed by atoms with van der Waals surface area (Å²) >= 11 is 0. The maximum Gasteiger partial charge on any atom is 0.0497 e. The van der Waals surface area contributed by atoms with E-state index in [0.29, 0.717) is 0 Å². The Labute approximate surface area is 95.9 Å². The van der Waals surface area contributed by atoms with E-state index in [4.69, 9.17) is 4.74 Å². The van der Waals surface area contributed by atoms with Crippen molar-refractivity contribution in [3.8, 4) is 0 Å². The predicted molar refractivity (Wildman–Crippen MR) is 68.2 cm³/mol. The van der Waals surface area contributed by atoms with Crippen LogP contribution in [0.25, 0.3) is 0 Å². The average Bonchev–Trinajstić information content (AvgIpc) is 2.27. The van der Waals surface area contributed by atoms with Crippen molar-refractivity contribution in [3.63, 3.8) is 0 Å². The van der Waals surface area contributed by atoms with Crippen molar-refractivity contribution >= 4 is 0 Å². The number of rotatable bonds is 10. The largest absolute Gasteiger partial charge is 0.381 e. The standard InChI is InChI=1S/C14H28O/c1-4-7-9-10-12-14(11-8-5-2)13-15-6-3/h5,8,14H,4,6-7,9-13H2,1-3H3. The quantitative estimate of drug-likeness (QED) is 0.380. The van der Waals surface area contributed by atoms with E-state index >= 15 is 0 Å². The topological polar surface area (TPSA) is 9.23 Å². The maximum atomic E-state index is 5.52. The summed E-state index contributed by atoms with van der Waals surface area (Å²) in [6, 6.07) is 0. The summed E-state index contributed by atoms with van der Waals surface area (Å²) in [5, 5.41) is 0. The minimum Gasteiger partial charge on any atom is -0.381 e. The summed E-state index contributed by atoms with van der Waals surface area (Å²) in [5.41, 5.74) is 0. The molecule has 0 saturated carbocycles. The van der Waals surface area contributed by atoms with Gasteiger partial charge in [0.25, 0.3) is 0 Å². The summed E-state index contributed by atoms with van der Waals surface area (Å²) in [7, 11) is 0. The van der Waals surface area contributed by atoms with Crippen molar-refractivity contribution in [1.82, 2.24) is 0 Å². The molecule has 0 heterocycles. The zero-order chi connectivity index (χ0) is 11.4. The van der Waals surface area contributed by atoms with Crippen molar-refractivity contribution < 1.29 is 4.74 Å². The van der Waals surface area contributed by atoms with Crippen LogP contribution in [0.2, 0.25) is 0 Å². The van der Waals surface area contributed by atoms with Crippen molar-refractivity contribution in [2.75, 3.05) is 13.2 Å². The van der Waals surface area contributed by atoms with Crippen LogP contribution < -0.4 is 0 Å². The van der Waals surface area contributed by atoms with Crippen LogP contribution in [0.3, 0.4) is 0 Å². The first-order valence-electron chi connectivity index (χ1n) is 6.54. The highest BCUT2D eigenvalue weighted by molar-refractivity contribution is 4.80. The summed E-state index contributed by atoms with van der Waals surface area (Å²) in [4.78, 5) is 0. The predicted octanol–water partition coefficient (Wildman–Crippen LogP) is 4.58. The molecule has 0 aliphatic heterocycles. The van der Waals surface area contributed by atoms with Crippen molar-refractivity contribution in [3.05, 3.63) is 12.2 Å². The molecule has 0 aliphatic carbocycles. The summed E-state index contributed by atoms with van der Waals surface area (Å²) in [6.45, 7) is 8.21. The number of unbranched alkanes of at least 4 members (excludes halogenated alkanes) is 3. The van der Waals surface area contributed by atoms with Crippen LogP contribution in [0.5, 0.6) is 0 Å². The van der Waals surface area contributed by atoms with Gasteiger partial charge >= 0.3 is 0 Å².